The van der Waals surface area contributed by atoms with E-state index in [0.29, 0.717) is 13.2 Å². The van der Waals surface area contributed by atoms with Crippen molar-refractivity contribution in [3.05, 3.63) is 0 Å². The van der Waals surface area contributed by atoms with Gasteiger partial charge < -0.3 is 10.2 Å². The molecule has 0 saturated carbocycles. The lowest BCUT2D eigenvalue weighted by Gasteiger charge is -2.01. The molecule has 0 spiro atoms. The Balaban J connectivity index is 0. The Labute approximate surface area is 159 Å². The van der Waals surface area contributed by atoms with Crippen molar-refractivity contribution >= 4 is 0 Å². The van der Waals surface area contributed by atoms with Crippen molar-refractivity contribution in [2.75, 3.05) is 13.2 Å². The monoisotopic (exact) mass is 358 g/mol. The van der Waals surface area contributed by atoms with Crippen molar-refractivity contribution < 1.29 is 10.2 Å². The highest BCUT2D eigenvalue weighted by molar-refractivity contribution is 4.48. The van der Waals surface area contributed by atoms with Crippen LogP contribution in [0.1, 0.15) is 136 Å². The van der Waals surface area contributed by atoms with Crippen LogP contribution in [0.4, 0.5) is 0 Å². The van der Waals surface area contributed by atoms with E-state index >= 15 is 0 Å². The van der Waals surface area contributed by atoms with Crippen LogP contribution in [0.5, 0.6) is 0 Å². The normalized spacial score (nSPS) is 10.6. The second-order valence-corrected chi connectivity index (χ2v) is 7.46. The van der Waals surface area contributed by atoms with E-state index in [1.54, 1.807) is 0 Å². The number of aliphatic hydroxyl groups excluding tert-OH is 2. The lowest BCUT2D eigenvalue weighted by molar-refractivity contribution is 0.282. The third kappa shape index (κ3) is 32.1. The van der Waals surface area contributed by atoms with Crippen molar-refractivity contribution in [2.24, 2.45) is 0 Å². The molecule has 0 bridgehead atoms. The smallest absolute Gasteiger partial charge is 0.0431 e. The molecular weight excluding hydrogens is 308 g/mol. The molecule has 0 heterocycles. The third-order valence-electron chi connectivity index (χ3n) is 4.77. The van der Waals surface area contributed by atoms with Crippen LogP contribution >= 0.6 is 0 Å². The van der Waals surface area contributed by atoms with Gasteiger partial charge in [0.15, 0.2) is 0 Å². The summed E-state index contributed by atoms with van der Waals surface area (Å²) in [6.07, 6.45) is 25.2. The molecule has 0 saturated heterocycles. The SMILES string of the molecule is CCCCCCCCCCCCCCO.CCCCCCCCCO. The summed E-state index contributed by atoms with van der Waals surface area (Å²) in [5.41, 5.74) is 0. The van der Waals surface area contributed by atoms with Crippen LogP contribution in [0.15, 0.2) is 0 Å². The highest BCUT2D eigenvalue weighted by Crippen LogP contribution is 2.11. The highest BCUT2D eigenvalue weighted by Gasteiger charge is 1.92. The molecule has 0 rings (SSSR count). The van der Waals surface area contributed by atoms with E-state index in [1.165, 1.54) is 109 Å². The van der Waals surface area contributed by atoms with Crippen LogP contribution in [0.25, 0.3) is 0 Å². The van der Waals surface area contributed by atoms with Gasteiger partial charge in [-0.05, 0) is 12.8 Å². The lowest BCUT2D eigenvalue weighted by Crippen LogP contribution is -1.84. The van der Waals surface area contributed by atoms with Gasteiger partial charge in [-0.3, -0.25) is 0 Å². The molecule has 0 amide bonds. The van der Waals surface area contributed by atoms with Gasteiger partial charge in [0.05, 0.1) is 0 Å². The summed E-state index contributed by atoms with van der Waals surface area (Å²) in [6, 6.07) is 0. The Hall–Kier alpha value is -0.0800. The first-order valence-electron chi connectivity index (χ1n) is 11.5. The number of hydrogen-bond acceptors (Lipinski definition) is 2. The maximum absolute atomic E-state index is 8.61. The average Bonchev–Trinajstić information content (AvgIpc) is 2.63. The Bertz CT molecular complexity index is 175. The van der Waals surface area contributed by atoms with Gasteiger partial charge in [-0.2, -0.15) is 0 Å². The Kier molecular flexibility index (Phi) is 31.2. The zero-order valence-electron chi connectivity index (χ0n) is 17.7. The van der Waals surface area contributed by atoms with Crippen LogP contribution in [0.3, 0.4) is 0 Å². The van der Waals surface area contributed by atoms with Crippen LogP contribution < -0.4 is 0 Å². The first kappa shape index (κ1) is 27.1. The molecule has 2 N–H and O–H groups in total. The van der Waals surface area contributed by atoms with Gasteiger partial charge in [0.2, 0.25) is 0 Å². The summed E-state index contributed by atoms with van der Waals surface area (Å²) in [7, 11) is 0. The summed E-state index contributed by atoms with van der Waals surface area (Å²) in [5, 5.41) is 17.1. The Morgan fingerprint density at radius 3 is 0.720 bits per heavy atom. The van der Waals surface area contributed by atoms with Crippen molar-refractivity contribution in [3.8, 4) is 0 Å². The van der Waals surface area contributed by atoms with Gasteiger partial charge in [-0.15, -0.1) is 0 Å². The zero-order valence-corrected chi connectivity index (χ0v) is 17.7. The van der Waals surface area contributed by atoms with E-state index in [4.69, 9.17) is 10.2 Å². The minimum Gasteiger partial charge on any atom is -0.396 e. The van der Waals surface area contributed by atoms with Crippen LogP contribution in [0.2, 0.25) is 0 Å². The number of aliphatic hydroxyl groups is 2. The van der Waals surface area contributed by atoms with Crippen molar-refractivity contribution in [3.63, 3.8) is 0 Å². The largest absolute Gasteiger partial charge is 0.396 e. The molecule has 2 nitrogen and oxygen atoms in total. The van der Waals surface area contributed by atoms with Gasteiger partial charge in [-0.1, -0.05) is 123 Å². The Morgan fingerprint density at radius 2 is 0.520 bits per heavy atom. The van der Waals surface area contributed by atoms with E-state index in [0.717, 1.165) is 12.8 Å². The molecule has 0 aliphatic carbocycles. The second-order valence-electron chi connectivity index (χ2n) is 7.46. The maximum Gasteiger partial charge on any atom is 0.0431 e. The molecule has 2 heteroatoms. The lowest BCUT2D eigenvalue weighted by atomic mass is 10.1. The van der Waals surface area contributed by atoms with Gasteiger partial charge in [-0.25, -0.2) is 0 Å². The van der Waals surface area contributed by atoms with Crippen molar-refractivity contribution in [1.82, 2.24) is 0 Å². The molecule has 0 aliphatic rings. The number of hydrogen-bond donors (Lipinski definition) is 2. The predicted octanol–water partition coefficient (Wildman–Crippen LogP) is 7.41. The minimum atomic E-state index is 0.369. The fourth-order valence-electron chi connectivity index (χ4n) is 3.02. The predicted molar refractivity (Wildman–Crippen MR) is 113 cm³/mol. The number of rotatable bonds is 19. The molecule has 0 fully saturated rings. The summed E-state index contributed by atoms with van der Waals surface area (Å²) in [6.45, 7) is 5.24. The van der Waals surface area contributed by atoms with Gasteiger partial charge >= 0.3 is 0 Å². The summed E-state index contributed by atoms with van der Waals surface area (Å²) >= 11 is 0. The molecule has 0 aromatic rings. The molecule has 154 valence electrons. The van der Waals surface area contributed by atoms with Crippen LogP contribution in [0, 0.1) is 0 Å². The van der Waals surface area contributed by atoms with Crippen LogP contribution in [-0.2, 0) is 0 Å². The topological polar surface area (TPSA) is 40.5 Å². The summed E-state index contributed by atoms with van der Waals surface area (Å²) in [4.78, 5) is 0. The van der Waals surface area contributed by atoms with Crippen LogP contribution in [-0.4, -0.2) is 23.4 Å². The van der Waals surface area contributed by atoms with E-state index in [9.17, 15) is 0 Å². The minimum absolute atomic E-state index is 0.369. The quantitative estimate of drug-likeness (QED) is 0.236. The fourth-order valence-corrected chi connectivity index (χ4v) is 3.02. The summed E-state index contributed by atoms with van der Waals surface area (Å²) < 4.78 is 0. The van der Waals surface area contributed by atoms with E-state index in [-0.39, 0.29) is 0 Å². The molecule has 0 aliphatic heterocycles. The third-order valence-corrected chi connectivity index (χ3v) is 4.77. The Morgan fingerprint density at radius 1 is 0.320 bits per heavy atom. The van der Waals surface area contributed by atoms with Crippen molar-refractivity contribution in [2.45, 2.75) is 136 Å². The molecule has 25 heavy (non-hydrogen) atoms. The maximum atomic E-state index is 8.61. The molecule has 0 aromatic carbocycles. The highest BCUT2D eigenvalue weighted by atomic mass is 16.3. The average molecular weight is 359 g/mol. The van der Waals surface area contributed by atoms with Gasteiger partial charge in [0, 0.05) is 13.2 Å². The number of unbranched alkanes of at least 4 members (excludes halogenated alkanes) is 17. The molecular formula is C23H50O2. The second kappa shape index (κ2) is 28.7. The van der Waals surface area contributed by atoms with E-state index < -0.39 is 0 Å². The van der Waals surface area contributed by atoms with Crippen molar-refractivity contribution in [1.29, 1.82) is 0 Å². The fraction of sp³-hybridized carbons (Fsp3) is 1.00. The summed E-state index contributed by atoms with van der Waals surface area (Å²) in [5.74, 6) is 0. The van der Waals surface area contributed by atoms with Gasteiger partial charge in [0.1, 0.15) is 0 Å². The van der Waals surface area contributed by atoms with Gasteiger partial charge in [0.25, 0.3) is 0 Å². The molecule has 0 unspecified atom stereocenters. The first-order valence-corrected chi connectivity index (χ1v) is 11.5. The standard InChI is InChI=1S/C14H30O.C9H20O/c1-2-3-4-5-6-7-8-9-10-11-12-13-14-15;1-2-3-4-5-6-7-8-9-10/h15H,2-14H2,1H3;10H,2-9H2,1H3. The molecule has 0 atom stereocenters. The zero-order chi connectivity index (χ0) is 18.8. The van der Waals surface area contributed by atoms with E-state index in [2.05, 4.69) is 13.8 Å². The molecule has 0 radical (unpaired) electrons. The first-order chi connectivity index (χ1) is 12.3. The molecule has 0 aromatic heterocycles. The van der Waals surface area contributed by atoms with E-state index in [1.807, 2.05) is 0 Å².